The summed E-state index contributed by atoms with van der Waals surface area (Å²) in [5, 5.41) is 2.84. The third-order valence-corrected chi connectivity index (χ3v) is 8.78. The van der Waals surface area contributed by atoms with Crippen molar-refractivity contribution in [2.75, 3.05) is 18.1 Å². The van der Waals surface area contributed by atoms with E-state index in [1.807, 2.05) is 11.5 Å². The van der Waals surface area contributed by atoms with Crippen molar-refractivity contribution in [2.24, 2.45) is 5.92 Å². The van der Waals surface area contributed by atoms with Gasteiger partial charge in [-0.25, -0.2) is 13.2 Å². The van der Waals surface area contributed by atoms with E-state index in [0.29, 0.717) is 36.4 Å². The van der Waals surface area contributed by atoms with Crippen LogP contribution in [0, 0.1) is 19.8 Å². The Labute approximate surface area is 176 Å². The zero-order chi connectivity index (χ0) is 21.8. The molecule has 0 unspecified atom stereocenters. The van der Waals surface area contributed by atoms with Crippen molar-refractivity contribution in [3.8, 4) is 0 Å². The van der Waals surface area contributed by atoms with Gasteiger partial charge in [0.15, 0.2) is 15.6 Å². The normalized spacial score (nSPS) is 30.8. The van der Waals surface area contributed by atoms with E-state index in [-0.39, 0.29) is 35.8 Å². The average molecular weight is 436 g/mol. The van der Waals surface area contributed by atoms with Gasteiger partial charge in [-0.2, -0.15) is 0 Å². The summed E-state index contributed by atoms with van der Waals surface area (Å²) in [6.07, 6.45) is 3.49. The van der Waals surface area contributed by atoms with E-state index in [4.69, 9.17) is 0 Å². The van der Waals surface area contributed by atoms with E-state index in [1.54, 1.807) is 13.0 Å². The number of aryl methyl sites for hydroxylation is 1. The molecule has 164 valence electrons. The molecule has 4 rings (SSSR count). The maximum atomic E-state index is 13.0. The second kappa shape index (κ2) is 7.21. The molecule has 1 atom stereocenters. The maximum absolute atomic E-state index is 13.0. The van der Waals surface area contributed by atoms with Gasteiger partial charge in [-0.15, -0.1) is 0 Å². The van der Waals surface area contributed by atoms with E-state index < -0.39 is 21.4 Å². The lowest BCUT2D eigenvalue weighted by Crippen LogP contribution is -2.49. The highest BCUT2D eigenvalue weighted by molar-refractivity contribution is 7.91. The first-order valence-electron chi connectivity index (χ1n) is 10.6. The molecule has 1 saturated carbocycles. The quantitative estimate of drug-likeness (QED) is 0.576. The first kappa shape index (κ1) is 21.1. The van der Waals surface area contributed by atoms with Crippen molar-refractivity contribution in [1.29, 1.82) is 0 Å². The monoisotopic (exact) mass is 435 g/mol. The van der Waals surface area contributed by atoms with Crippen LogP contribution in [0.5, 0.6) is 0 Å². The Kier molecular flexibility index (Phi) is 5.07. The molecule has 8 nitrogen and oxygen atoms in total. The zero-order valence-corrected chi connectivity index (χ0v) is 18.5. The number of aromatic nitrogens is 1. The smallest absolute Gasteiger partial charge is 0.325 e. The molecule has 9 heteroatoms. The summed E-state index contributed by atoms with van der Waals surface area (Å²) in [6, 6.07) is 1.05. The minimum absolute atomic E-state index is 0.0744. The van der Waals surface area contributed by atoms with Crippen molar-refractivity contribution in [3.63, 3.8) is 0 Å². The number of nitrogens with zero attached hydrogens (tertiary/aromatic N) is 2. The van der Waals surface area contributed by atoms with E-state index in [2.05, 4.69) is 12.2 Å². The molecule has 3 aliphatic rings. The Bertz CT molecular complexity index is 1020. The lowest BCUT2D eigenvalue weighted by molar-refractivity contribution is -0.132. The minimum Gasteiger partial charge on any atom is -0.344 e. The van der Waals surface area contributed by atoms with Gasteiger partial charge in [0.25, 0.3) is 5.91 Å². The molecule has 3 amide bonds. The first-order chi connectivity index (χ1) is 14.0. The molecule has 0 aromatic carbocycles. The number of ketones is 1. The predicted molar refractivity (Wildman–Crippen MR) is 111 cm³/mol. The van der Waals surface area contributed by atoms with Crippen LogP contribution in [-0.2, 0) is 14.6 Å². The number of hydrogen-bond acceptors (Lipinski definition) is 5. The summed E-state index contributed by atoms with van der Waals surface area (Å²) >= 11 is 0. The van der Waals surface area contributed by atoms with Crippen molar-refractivity contribution < 1.29 is 22.8 Å². The average Bonchev–Trinajstić information content (AvgIpc) is 3.25. The van der Waals surface area contributed by atoms with Gasteiger partial charge in [-0.05, 0) is 57.9 Å². The van der Waals surface area contributed by atoms with Crippen molar-refractivity contribution in [3.05, 3.63) is 23.0 Å². The van der Waals surface area contributed by atoms with Crippen molar-refractivity contribution in [2.45, 2.75) is 64.5 Å². The molecule has 0 bridgehead atoms. The number of imide groups is 1. The topological polar surface area (TPSA) is 106 Å². The molecule has 3 heterocycles. The third-order valence-electron chi connectivity index (χ3n) is 7.03. The SMILES string of the molecule is Cc1cc(C(=O)CN2C(=O)NC3(CCC(C)CC3)C2=O)c(C)n1[C@H]1CCS(=O)(=O)C1. The van der Waals surface area contributed by atoms with Crippen LogP contribution in [-0.4, -0.2) is 59.2 Å². The van der Waals surface area contributed by atoms with Gasteiger partial charge in [-0.3, -0.25) is 14.5 Å². The number of carbonyl (C=O) groups excluding carboxylic acids is 3. The molecule has 2 aliphatic heterocycles. The van der Waals surface area contributed by atoms with Crippen LogP contribution in [0.2, 0.25) is 0 Å². The highest BCUT2D eigenvalue weighted by atomic mass is 32.2. The standard InChI is InChI=1S/C21H29N3O5S/c1-13-4-7-21(8-5-13)19(26)23(20(27)22-21)11-18(25)17-10-14(2)24(15(17)3)16-6-9-30(28,29)12-16/h10,13,16H,4-9,11-12H2,1-3H3,(H,22,27)/t13?,16-,21?/m0/s1. The Morgan fingerprint density at radius 3 is 2.47 bits per heavy atom. The number of rotatable bonds is 4. The number of nitrogens with one attached hydrogen (secondary N) is 1. The molecule has 1 spiro atoms. The number of hydrogen-bond donors (Lipinski definition) is 1. The second-order valence-electron chi connectivity index (χ2n) is 9.22. The van der Waals surface area contributed by atoms with Gasteiger partial charge in [0.2, 0.25) is 0 Å². The Balaban J connectivity index is 1.53. The van der Waals surface area contributed by atoms with Gasteiger partial charge in [0.1, 0.15) is 5.54 Å². The Morgan fingerprint density at radius 2 is 1.87 bits per heavy atom. The van der Waals surface area contributed by atoms with Gasteiger partial charge < -0.3 is 9.88 Å². The maximum Gasteiger partial charge on any atom is 0.325 e. The molecule has 1 aromatic heterocycles. The summed E-state index contributed by atoms with van der Waals surface area (Å²) in [4.78, 5) is 39.6. The minimum atomic E-state index is -3.05. The van der Waals surface area contributed by atoms with Crippen molar-refractivity contribution >= 4 is 27.6 Å². The van der Waals surface area contributed by atoms with E-state index in [9.17, 15) is 22.8 Å². The molecular weight excluding hydrogens is 406 g/mol. The van der Waals surface area contributed by atoms with Crippen LogP contribution in [0.25, 0.3) is 0 Å². The Hall–Kier alpha value is -2.16. The van der Waals surface area contributed by atoms with Crippen molar-refractivity contribution in [1.82, 2.24) is 14.8 Å². The van der Waals surface area contributed by atoms with Crippen LogP contribution in [0.1, 0.15) is 66.8 Å². The second-order valence-corrected chi connectivity index (χ2v) is 11.4. The molecule has 1 aliphatic carbocycles. The van der Waals surface area contributed by atoms with Crippen LogP contribution in [0.4, 0.5) is 4.79 Å². The van der Waals surface area contributed by atoms with Crippen LogP contribution < -0.4 is 5.32 Å². The molecular formula is C21H29N3O5S. The predicted octanol–water partition coefficient (Wildman–Crippen LogP) is 2.15. The van der Waals surface area contributed by atoms with E-state index in [0.717, 1.165) is 23.4 Å². The van der Waals surface area contributed by atoms with Crippen LogP contribution in [0.3, 0.4) is 0 Å². The fourth-order valence-corrected chi connectivity index (χ4v) is 6.94. The number of carbonyl (C=O) groups is 3. The number of Topliss-reactive ketones (excluding diaryl/α,β-unsaturated/α-hetero) is 1. The van der Waals surface area contributed by atoms with Gasteiger partial charge in [-0.1, -0.05) is 6.92 Å². The molecule has 30 heavy (non-hydrogen) atoms. The number of sulfone groups is 1. The summed E-state index contributed by atoms with van der Waals surface area (Å²) in [5.74, 6) is 0.149. The highest BCUT2D eigenvalue weighted by Crippen LogP contribution is 2.36. The van der Waals surface area contributed by atoms with Crippen LogP contribution in [0.15, 0.2) is 6.07 Å². The summed E-state index contributed by atoms with van der Waals surface area (Å²) in [7, 11) is -3.05. The molecule has 0 radical (unpaired) electrons. The summed E-state index contributed by atoms with van der Waals surface area (Å²) < 4.78 is 25.7. The molecule has 1 aromatic rings. The zero-order valence-electron chi connectivity index (χ0n) is 17.7. The summed E-state index contributed by atoms with van der Waals surface area (Å²) in [6.45, 7) is 5.48. The van der Waals surface area contributed by atoms with Gasteiger partial charge in [0.05, 0.1) is 18.1 Å². The molecule has 1 N–H and O–H groups in total. The van der Waals surface area contributed by atoms with Crippen LogP contribution >= 0.6 is 0 Å². The van der Waals surface area contributed by atoms with E-state index >= 15 is 0 Å². The fraction of sp³-hybridized carbons (Fsp3) is 0.667. The number of urea groups is 1. The third kappa shape index (κ3) is 3.46. The lowest BCUT2D eigenvalue weighted by Gasteiger charge is -2.33. The first-order valence-corrected chi connectivity index (χ1v) is 12.4. The largest absolute Gasteiger partial charge is 0.344 e. The summed E-state index contributed by atoms with van der Waals surface area (Å²) in [5.41, 5.74) is 1.08. The van der Waals surface area contributed by atoms with Gasteiger partial charge in [0, 0.05) is 23.0 Å². The number of amides is 3. The molecule has 3 fully saturated rings. The fourth-order valence-electron chi connectivity index (χ4n) is 5.24. The van der Waals surface area contributed by atoms with E-state index in [1.165, 1.54) is 0 Å². The lowest BCUT2D eigenvalue weighted by atomic mass is 9.77. The molecule has 2 saturated heterocycles. The Morgan fingerprint density at radius 1 is 1.20 bits per heavy atom. The highest BCUT2D eigenvalue weighted by Gasteiger charge is 2.52. The van der Waals surface area contributed by atoms with Gasteiger partial charge >= 0.3 is 6.03 Å².